The van der Waals surface area contributed by atoms with Gasteiger partial charge in [-0.25, -0.2) is 0 Å². The number of likely N-dealkylation sites (tertiary alicyclic amines) is 1. The minimum Gasteiger partial charge on any atom is -0.341 e. The van der Waals surface area contributed by atoms with Crippen LogP contribution in [0.15, 0.2) is 24.3 Å². The number of nitrogens with zero attached hydrogens (tertiary/aromatic N) is 1. The fourth-order valence-corrected chi connectivity index (χ4v) is 2.78. The standard InChI is InChI=1S/C17H23ClN2O2/c1-12(2)15(17(22)20-10-4-3-5-11-20)19-16(21)13-6-8-14(18)9-7-13/h6-9,12,15H,3-5,10-11H2,1-2H3,(H,19,21)/t15-/m1/s1. The second kappa shape index (κ2) is 7.63. The van der Waals surface area contributed by atoms with Crippen LogP contribution in [0.1, 0.15) is 43.5 Å². The van der Waals surface area contributed by atoms with Crippen molar-refractivity contribution >= 4 is 23.4 Å². The molecule has 1 aromatic carbocycles. The summed E-state index contributed by atoms with van der Waals surface area (Å²) in [5.74, 6) is -0.164. The van der Waals surface area contributed by atoms with Crippen LogP contribution >= 0.6 is 11.6 Å². The molecule has 1 fully saturated rings. The number of nitrogens with one attached hydrogen (secondary N) is 1. The van der Waals surface area contributed by atoms with E-state index in [4.69, 9.17) is 11.6 Å². The van der Waals surface area contributed by atoms with Crippen molar-refractivity contribution in [2.24, 2.45) is 5.92 Å². The van der Waals surface area contributed by atoms with Gasteiger partial charge in [-0.2, -0.15) is 0 Å². The Bertz CT molecular complexity index is 522. The van der Waals surface area contributed by atoms with Gasteiger partial charge in [0.1, 0.15) is 6.04 Å². The minimum atomic E-state index is -0.485. The van der Waals surface area contributed by atoms with E-state index >= 15 is 0 Å². The van der Waals surface area contributed by atoms with Crippen molar-refractivity contribution in [3.63, 3.8) is 0 Å². The predicted octanol–water partition coefficient (Wildman–Crippen LogP) is 3.11. The minimum absolute atomic E-state index is 0.0250. The van der Waals surface area contributed by atoms with E-state index in [0.717, 1.165) is 25.9 Å². The van der Waals surface area contributed by atoms with Crippen LogP contribution < -0.4 is 5.32 Å². The van der Waals surface area contributed by atoms with Crippen molar-refractivity contribution in [3.05, 3.63) is 34.9 Å². The Morgan fingerprint density at radius 1 is 1.09 bits per heavy atom. The molecule has 1 N–H and O–H groups in total. The zero-order valence-corrected chi connectivity index (χ0v) is 13.9. The van der Waals surface area contributed by atoms with Crippen LogP contribution in [-0.2, 0) is 4.79 Å². The first-order valence-corrected chi connectivity index (χ1v) is 8.22. The molecule has 0 radical (unpaired) electrons. The summed E-state index contributed by atoms with van der Waals surface area (Å²) in [6.07, 6.45) is 3.26. The van der Waals surface area contributed by atoms with Gasteiger partial charge < -0.3 is 10.2 Å². The summed E-state index contributed by atoms with van der Waals surface area (Å²) in [6.45, 7) is 5.49. The Morgan fingerprint density at radius 3 is 2.23 bits per heavy atom. The molecule has 0 aromatic heterocycles. The molecule has 0 aliphatic carbocycles. The normalized spacial score (nSPS) is 16.5. The molecule has 2 amide bonds. The fraction of sp³-hybridized carbons (Fsp3) is 0.529. The zero-order valence-electron chi connectivity index (χ0n) is 13.1. The van der Waals surface area contributed by atoms with E-state index in [1.54, 1.807) is 24.3 Å². The topological polar surface area (TPSA) is 49.4 Å². The Morgan fingerprint density at radius 2 is 1.68 bits per heavy atom. The third kappa shape index (κ3) is 4.23. The Hall–Kier alpha value is -1.55. The summed E-state index contributed by atoms with van der Waals surface area (Å²) in [4.78, 5) is 26.9. The molecule has 2 rings (SSSR count). The Kier molecular flexibility index (Phi) is 5.83. The number of piperidine rings is 1. The molecular weight excluding hydrogens is 300 g/mol. The van der Waals surface area contributed by atoms with Crippen molar-refractivity contribution in [2.75, 3.05) is 13.1 Å². The van der Waals surface area contributed by atoms with Crippen LogP contribution in [0.5, 0.6) is 0 Å². The van der Waals surface area contributed by atoms with Crippen LogP contribution in [0.25, 0.3) is 0 Å². The van der Waals surface area contributed by atoms with Crippen LogP contribution in [0, 0.1) is 5.92 Å². The fourth-order valence-electron chi connectivity index (χ4n) is 2.65. The average molecular weight is 323 g/mol. The molecule has 120 valence electrons. The van der Waals surface area contributed by atoms with Crippen LogP contribution in [0.4, 0.5) is 0 Å². The number of hydrogen-bond acceptors (Lipinski definition) is 2. The van der Waals surface area contributed by atoms with Crippen LogP contribution in [0.3, 0.4) is 0 Å². The highest BCUT2D eigenvalue weighted by atomic mass is 35.5. The van der Waals surface area contributed by atoms with Gasteiger partial charge in [-0.1, -0.05) is 25.4 Å². The monoisotopic (exact) mass is 322 g/mol. The average Bonchev–Trinajstić information content (AvgIpc) is 2.53. The van der Waals surface area contributed by atoms with Gasteiger partial charge in [-0.05, 0) is 49.4 Å². The lowest BCUT2D eigenvalue weighted by molar-refractivity contribution is -0.135. The SMILES string of the molecule is CC(C)[C@@H](NC(=O)c1ccc(Cl)cc1)C(=O)N1CCCCC1. The van der Waals surface area contributed by atoms with Crippen LogP contribution in [-0.4, -0.2) is 35.8 Å². The summed E-state index contributed by atoms with van der Waals surface area (Å²) in [7, 11) is 0. The van der Waals surface area contributed by atoms with Gasteiger partial charge in [0.05, 0.1) is 0 Å². The molecule has 22 heavy (non-hydrogen) atoms. The number of carbonyl (C=O) groups excluding carboxylic acids is 2. The molecular formula is C17H23ClN2O2. The number of rotatable bonds is 4. The largest absolute Gasteiger partial charge is 0.341 e. The molecule has 1 aliphatic rings. The van der Waals surface area contributed by atoms with Gasteiger partial charge in [-0.3, -0.25) is 9.59 Å². The first kappa shape index (κ1) is 16.8. The van der Waals surface area contributed by atoms with E-state index in [9.17, 15) is 9.59 Å². The summed E-state index contributed by atoms with van der Waals surface area (Å²) in [5, 5.41) is 3.46. The second-order valence-electron chi connectivity index (χ2n) is 6.09. The van der Waals surface area contributed by atoms with E-state index in [1.165, 1.54) is 6.42 Å². The highest BCUT2D eigenvalue weighted by Gasteiger charge is 2.29. The zero-order chi connectivity index (χ0) is 16.1. The van der Waals surface area contributed by atoms with Gasteiger partial charge in [0.2, 0.25) is 5.91 Å². The van der Waals surface area contributed by atoms with Gasteiger partial charge in [-0.15, -0.1) is 0 Å². The lowest BCUT2D eigenvalue weighted by Crippen LogP contribution is -2.52. The molecule has 1 aromatic rings. The summed E-state index contributed by atoms with van der Waals surface area (Å²) in [6, 6.07) is 6.20. The molecule has 0 spiro atoms. The number of hydrogen-bond donors (Lipinski definition) is 1. The Labute approximate surface area is 136 Å². The highest BCUT2D eigenvalue weighted by Crippen LogP contribution is 2.15. The van der Waals surface area contributed by atoms with Gasteiger partial charge >= 0.3 is 0 Å². The molecule has 1 atom stereocenters. The number of halogens is 1. The lowest BCUT2D eigenvalue weighted by Gasteiger charge is -2.32. The van der Waals surface area contributed by atoms with Crippen molar-refractivity contribution in [1.82, 2.24) is 10.2 Å². The molecule has 0 saturated carbocycles. The first-order valence-electron chi connectivity index (χ1n) is 7.84. The third-order valence-corrected chi connectivity index (χ3v) is 4.25. The molecule has 4 nitrogen and oxygen atoms in total. The number of benzene rings is 1. The molecule has 1 aliphatic heterocycles. The van der Waals surface area contributed by atoms with Gasteiger partial charge in [0.25, 0.3) is 5.91 Å². The van der Waals surface area contributed by atoms with Crippen molar-refractivity contribution in [2.45, 2.75) is 39.2 Å². The smallest absolute Gasteiger partial charge is 0.251 e. The molecule has 0 unspecified atom stereocenters. The number of carbonyl (C=O) groups is 2. The molecule has 1 saturated heterocycles. The summed E-state index contributed by atoms with van der Waals surface area (Å²) < 4.78 is 0. The van der Waals surface area contributed by atoms with Crippen LogP contribution in [0.2, 0.25) is 5.02 Å². The number of amides is 2. The van der Waals surface area contributed by atoms with E-state index in [0.29, 0.717) is 10.6 Å². The van der Waals surface area contributed by atoms with Gasteiger partial charge in [0, 0.05) is 23.7 Å². The quantitative estimate of drug-likeness (QED) is 0.926. The molecule has 1 heterocycles. The molecule has 0 bridgehead atoms. The maximum absolute atomic E-state index is 12.7. The summed E-state index contributed by atoms with van der Waals surface area (Å²) in [5.41, 5.74) is 0.515. The molecule has 5 heteroatoms. The van der Waals surface area contributed by atoms with E-state index in [2.05, 4.69) is 5.32 Å². The van der Waals surface area contributed by atoms with E-state index in [-0.39, 0.29) is 17.7 Å². The maximum atomic E-state index is 12.7. The van der Waals surface area contributed by atoms with Crippen molar-refractivity contribution < 1.29 is 9.59 Å². The Balaban J connectivity index is 2.06. The summed E-state index contributed by atoms with van der Waals surface area (Å²) >= 11 is 5.83. The van der Waals surface area contributed by atoms with Crippen molar-refractivity contribution in [1.29, 1.82) is 0 Å². The highest BCUT2D eigenvalue weighted by molar-refractivity contribution is 6.30. The predicted molar refractivity (Wildman–Crippen MR) is 88.0 cm³/mol. The van der Waals surface area contributed by atoms with E-state index < -0.39 is 6.04 Å². The maximum Gasteiger partial charge on any atom is 0.251 e. The second-order valence-corrected chi connectivity index (χ2v) is 6.52. The van der Waals surface area contributed by atoms with E-state index in [1.807, 2.05) is 18.7 Å². The van der Waals surface area contributed by atoms with Gasteiger partial charge in [0.15, 0.2) is 0 Å². The lowest BCUT2D eigenvalue weighted by atomic mass is 10.0. The first-order chi connectivity index (χ1) is 10.5. The van der Waals surface area contributed by atoms with Crippen molar-refractivity contribution in [3.8, 4) is 0 Å². The third-order valence-electron chi connectivity index (χ3n) is 3.99.